The van der Waals surface area contributed by atoms with E-state index in [0.717, 1.165) is 11.1 Å². The molecule has 0 aliphatic carbocycles. The number of primary amides is 1. The number of allylic oxidation sites excluding steroid dienone is 1. The van der Waals surface area contributed by atoms with E-state index in [9.17, 15) is 9.18 Å². The van der Waals surface area contributed by atoms with E-state index >= 15 is 0 Å². The molecule has 0 spiro atoms. The van der Waals surface area contributed by atoms with Crippen molar-refractivity contribution in [1.82, 2.24) is 0 Å². The van der Waals surface area contributed by atoms with E-state index < -0.39 is 0 Å². The molecule has 1 heterocycles. The predicted octanol–water partition coefficient (Wildman–Crippen LogP) is 1.79. The third kappa shape index (κ3) is 2.78. The van der Waals surface area contributed by atoms with Gasteiger partial charge in [0.25, 0.3) is 0 Å². The lowest BCUT2D eigenvalue weighted by atomic mass is 9.88. The quantitative estimate of drug-likeness (QED) is 0.848. The first-order chi connectivity index (χ1) is 8.16. The van der Waals surface area contributed by atoms with Gasteiger partial charge in [-0.15, -0.1) is 0 Å². The molecule has 1 aromatic rings. The van der Waals surface area contributed by atoms with Crippen LogP contribution in [0.5, 0.6) is 0 Å². The van der Waals surface area contributed by atoms with Gasteiger partial charge in [-0.05, 0) is 29.3 Å². The zero-order valence-corrected chi connectivity index (χ0v) is 9.27. The third-order valence-electron chi connectivity index (χ3n) is 2.75. The van der Waals surface area contributed by atoms with E-state index in [0.29, 0.717) is 6.54 Å². The number of rotatable bonds is 3. The van der Waals surface area contributed by atoms with Crippen LogP contribution in [0.2, 0.25) is 0 Å². The first-order valence-corrected chi connectivity index (χ1v) is 5.41. The van der Waals surface area contributed by atoms with Crippen molar-refractivity contribution in [3.63, 3.8) is 0 Å². The van der Waals surface area contributed by atoms with E-state index in [1.807, 2.05) is 6.08 Å². The van der Waals surface area contributed by atoms with Gasteiger partial charge < -0.3 is 5.73 Å². The van der Waals surface area contributed by atoms with Gasteiger partial charge in [-0.3, -0.25) is 9.79 Å². The highest BCUT2D eigenvalue weighted by molar-refractivity contribution is 5.89. The molecule has 1 aliphatic rings. The zero-order chi connectivity index (χ0) is 12.3. The van der Waals surface area contributed by atoms with Crippen molar-refractivity contribution in [2.45, 2.75) is 6.42 Å². The van der Waals surface area contributed by atoms with Gasteiger partial charge in [0.05, 0.1) is 0 Å². The summed E-state index contributed by atoms with van der Waals surface area (Å²) in [6, 6.07) is 6.22. The molecule has 0 radical (unpaired) electrons. The number of dihydropyridines is 1. The molecule has 3 nitrogen and oxygen atoms in total. The summed E-state index contributed by atoms with van der Waals surface area (Å²) in [6.07, 6.45) is 3.82. The highest BCUT2D eigenvalue weighted by Gasteiger charge is 2.19. The van der Waals surface area contributed by atoms with E-state index in [1.165, 1.54) is 12.1 Å². The lowest BCUT2D eigenvalue weighted by Gasteiger charge is -2.20. The molecule has 88 valence electrons. The molecule has 2 rings (SSSR count). The molecule has 1 aromatic carbocycles. The van der Waals surface area contributed by atoms with Crippen LogP contribution >= 0.6 is 0 Å². The Hall–Kier alpha value is -1.97. The van der Waals surface area contributed by atoms with Crippen LogP contribution in [-0.4, -0.2) is 18.7 Å². The monoisotopic (exact) mass is 232 g/mol. The topological polar surface area (TPSA) is 55.5 Å². The van der Waals surface area contributed by atoms with Crippen molar-refractivity contribution in [1.29, 1.82) is 0 Å². The first-order valence-electron chi connectivity index (χ1n) is 5.41. The van der Waals surface area contributed by atoms with Gasteiger partial charge in [-0.25, -0.2) is 4.39 Å². The minimum absolute atomic E-state index is 0.0111. The average molecular weight is 232 g/mol. The molecule has 2 N–H and O–H groups in total. The summed E-state index contributed by atoms with van der Waals surface area (Å²) in [5, 5.41) is 0. The van der Waals surface area contributed by atoms with Crippen molar-refractivity contribution in [2.24, 2.45) is 16.6 Å². The molecule has 17 heavy (non-hydrogen) atoms. The number of aliphatic imine (C=N–C) groups is 1. The van der Waals surface area contributed by atoms with Crippen LogP contribution in [0.25, 0.3) is 5.57 Å². The van der Waals surface area contributed by atoms with E-state index in [-0.39, 0.29) is 24.1 Å². The number of carbonyl (C=O) groups is 1. The predicted molar refractivity (Wildman–Crippen MR) is 65.0 cm³/mol. The molecule has 0 saturated heterocycles. The Balaban J connectivity index is 2.27. The number of carbonyl (C=O) groups excluding carboxylic acids is 1. The molecule has 1 unspecified atom stereocenters. The number of amides is 1. The van der Waals surface area contributed by atoms with Crippen LogP contribution < -0.4 is 5.73 Å². The average Bonchev–Trinajstić information content (AvgIpc) is 2.30. The second-order valence-corrected chi connectivity index (χ2v) is 4.01. The van der Waals surface area contributed by atoms with Crippen molar-refractivity contribution in [3.05, 3.63) is 41.7 Å². The lowest BCUT2D eigenvalue weighted by molar-refractivity contribution is -0.118. The highest BCUT2D eigenvalue weighted by atomic mass is 19.1. The van der Waals surface area contributed by atoms with E-state index in [2.05, 4.69) is 4.99 Å². The molecule has 0 bridgehead atoms. The molecule has 1 amide bonds. The fourth-order valence-electron chi connectivity index (χ4n) is 1.95. The molecule has 0 fully saturated rings. The molecule has 0 saturated carbocycles. The number of nitrogens with zero attached hydrogens (tertiary/aromatic N) is 1. The van der Waals surface area contributed by atoms with Gasteiger partial charge >= 0.3 is 0 Å². The summed E-state index contributed by atoms with van der Waals surface area (Å²) in [6.45, 7) is 0.548. The van der Waals surface area contributed by atoms with E-state index in [1.54, 1.807) is 18.3 Å². The fraction of sp³-hybridized carbons (Fsp3) is 0.231. The summed E-state index contributed by atoms with van der Waals surface area (Å²) in [7, 11) is 0. The highest BCUT2D eigenvalue weighted by Crippen LogP contribution is 2.28. The minimum Gasteiger partial charge on any atom is -0.370 e. The van der Waals surface area contributed by atoms with Gasteiger partial charge in [0, 0.05) is 25.1 Å². The smallest absolute Gasteiger partial charge is 0.218 e. The van der Waals surface area contributed by atoms with Gasteiger partial charge in [0.1, 0.15) is 5.82 Å². The van der Waals surface area contributed by atoms with Crippen LogP contribution in [-0.2, 0) is 4.79 Å². The standard InChI is InChI=1S/C13H13FN2O/c14-11-3-1-9(2-4-11)12-5-6-16-8-10(12)7-13(15)17/h1-6,10H,7-8H2,(H2,15,17). The SMILES string of the molecule is NC(=O)CC1CN=CC=C1c1ccc(F)cc1. The third-order valence-corrected chi connectivity index (χ3v) is 2.75. The minimum atomic E-state index is -0.347. The summed E-state index contributed by atoms with van der Waals surface area (Å²) in [4.78, 5) is 15.1. The summed E-state index contributed by atoms with van der Waals surface area (Å²) >= 11 is 0. The second kappa shape index (κ2) is 4.91. The van der Waals surface area contributed by atoms with Crippen LogP contribution in [0, 0.1) is 11.7 Å². The summed E-state index contributed by atoms with van der Waals surface area (Å²) in [5.74, 6) is -0.631. The Bertz CT molecular complexity index is 477. The van der Waals surface area contributed by atoms with Gasteiger partial charge in [-0.2, -0.15) is 0 Å². The zero-order valence-electron chi connectivity index (χ0n) is 9.27. The van der Waals surface area contributed by atoms with Crippen LogP contribution in [0.4, 0.5) is 4.39 Å². The van der Waals surface area contributed by atoms with Crippen molar-refractivity contribution < 1.29 is 9.18 Å². The van der Waals surface area contributed by atoms with Crippen molar-refractivity contribution in [2.75, 3.05) is 6.54 Å². The lowest BCUT2D eigenvalue weighted by Crippen LogP contribution is -2.21. The Morgan fingerprint density at radius 1 is 1.41 bits per heavy atom. The van der Waals surface area contributed by atoms with Gasteiger partial charge in [0.15, 0.2) is 0 Å². The number of halogens is 1. The maximum absolute atomic E-state index is 12.8. The van der Waals surface area contributed by atoms with Gasteiger partial charge in [0.2, 0.25) is 5.91 Å². The normalized spacial score (nSPS) is 18.9. The van der Waals surface area contributed by atoms with Crippen LogP contribution in [0.3, 0.4) is 0 Å². The molecule has 4 heteroatoms. The van der Waals surface area contributed by atoms with Crippen LogP contribution in [0.1, 0.15) is 12.0 Å². The number of hydrogen-bond donors (Lipinski definition) is 1. The Kier molecular flexibility index (Phi) is 3.32. The molecule has 0 aromatic heterocycles. The van der Waals surface area contributed by atoms with Crippen molar-refractivity contribution in [3.8, 4) is 0 Å². The molecular formula is C13H13FN2O. The van der Waals surface area contributed by atoms with Gasteiger partial charge in [-0.1, -0.05) is 12.1 Å². The summed E-state index contributed by atoms with van der Waals surface area (Å²) < 4.78 is 12.8. The number of nitrogens with two attached hydrogens (primary N) is 1. The Morgan fingerprint density at radius 3 is 2.76 bits per heavy atom. The molecular weight excluding hydrogens is 219 g/mol. The van der Waals surface area contributed by atoms with E-state index in [4.69, 9.17) is 5.73 Å². The Morgan fingerprint density at radius 2 is 2.12 bits per heavy atom. The molecule has 1 atom stereocenters. The second-order valence-electron chi connectivity index (χ2n) is 4.01. The van der Waals surface area contributed by atoms with Crippen molar-refractivity contribution >= 4 is 17.7 Å². The summed E-state index contributed by atoms with van der Waals surface area (Å²) in [5.41, 5.74) is 7.10. The van der Waals surface area contributed by atoms with Crippen LogP contribution in [0.15, 0.2) is 35.3 Å². The first kappa shape index (κ1) is 11.5. The number of benzene rings is 1. The largest absolute Gasteiger partial charge is 0.370 e. The number of hydrogen-bond acceptors (Lipinski definition) is 2. The maximum atomic E-state index is 12.8. The maximum Gasteiger partial charge on any atom is 0.218 e. The fourth-order valence-corrected chi connectivity index (χ4v) is 1.95. The Labute approximate surface area is 98.9 Å². The molecule has 1 aliphatic heterocycles.